The number of aryl methyl sites for hydroxylation is 1. The molecule has 1 heterocycles. The molecule has 1 aromatic heterocycles. The molecule has 1 N–H and O–H groups in total. The second-order valence-electron chi connectivity index (χ2n) is 3.85. The van der Waals surface area contributed by atoms with Gasteiger partial charge >= 0.3 is 5.97 Å². The summed E-state index contributed by atoms with van der Waals surface area (Å²) < 4.78 is 6.22. The van der Waals surface area contributed by atoms with Crippen LogP contribution in [0.4, 0.5) is 0 Å². The molecule has 0 amide bonds. The zero-order valence-corrected chi connectivity index (χ0v) is 12.2. The summed E-state index contributed by atoms with van der Waals surface area (Å²) in [6.45, 7) is 1.91. The first-order chi connectivity index (χ1) is 8.97. The quantitative estimate of drug-likeness (QED) is 0.903. The summed E-state index contributed by atoms with van der Waals surface area (Å²) in [5.74, 6) is -0.380. The molecule has 1 aromatic carbocycles. The number of aromatic nitrogens is 1. The first-order valence-electron chi connectivity index (χ1n) is 5.30. The molecule has 0 radical (unpaired) electrons. The van der Waals surface area contributed by atoms with E-state index in [2.05, 4.69) is 20.9 Å². The Bertz CT molecular complexity index is 646. The van der Waals surface area contributed by atoms with Gasteiger partial charge in [0, 0.05) is 6.20 Å². The molecule has 0 atom stereocenters. The van der Waals surface area contributed by atoms with Gasteiger partial charge in [-0.25, -0.2) is 9.78 Å². The van der Waals surface area contributed by atoms with Gasteiger partial charge in [0.05, 0.1) is 15.1 Å². The lowest BCUT2D eigenvalue weighted by Crippen LogP contribution is -1.98. The molecule has 0 unspecified atom stereocenters. The Hall–Kier alpha value is -1.59. The van der Waals surface area contributed by atoms with E-state index in [1.165, 1.54) is 12.1 Å². The van der Waals surface area contributed by atoms with Crippen molar-refractivity contribution in [2.75, 3.05) is 0 Å². The van der Waals surface area contributed by atoms with Crippen LogP contribution in [-0.2, 0) is 0 Å². The van der Waals surface area contributed by atoms with E-state index < -0.39 is 5.97 Å². The average molecular weight is 343 g/mol. The van der Waals surface area contributed by atoms with E-state index in [0.717, 1.165) is 5.56 Å². The molecular formula is C13H9BrClNO3. The van der Waals surface area contributed by atoms with Crippen LogP contribution in [0, 0.1) is 6.92 Å². The van der Waals surface area contributed by atoms with Crippen molar-refractivity contribution in [1.82, 2.24) is 4.98 Å². The van der Waals surface area contributed by atoms with Crippen LogP contribution in [0.1, 0.15) is 15.9 Å². The molecule has 0 aliphatic rings. The van der Waals surface area contributed by atoms with Crippen molar-refractivity contribution in [1.29, 1.82) is 0 Å². The Morgan fingerprint density at radius 2 is 2.16 bits per heavy atom. The number of ether oxygens (including phenoxy) is 1. The fraction of sp³-hybridized carbons (Fsp3) is 0.0769. The Balaban J connectivity index is 2.33. The molecule has 2 rings (SSSR count). The van der Waals surface area contributed by atoms with Gasteiger partial charge in [-0.1, -0.05) is 11.6 Å². The Labute approximate surface area is 123 Å². The monoisotopic (exact) mass is 341 g/mol. The average Bonchev–Trinajstić information content (AvgIpc) is 2.34. The van der Waals surface area contributed by atoms with Crippen LogP contribution < -0.4 is 4.74 Å². The van der Waals surface area contributed by atoms with Crippen molar-refractivity contribution in [3.63, 3.8) is 0 Å². The zero-order valence-electron chi connectivity index (χ0n) is 9.85. The van der Waals surface area contributed by atoms with Crippen LogP contribution in [0.3, 0.4) is 0 Å². The molecule has 0 aliphatic heterocycles. The molecule has 0 spiro atoms. The number of benzene rings is 1. The van der Waals surface area contributed by atoms with E-state index >= 15 is 0 Å². The summed E-state index contributed by atoms with van der Waals surface area (Å²) in [4.78, 5) is 15.1. The van der Waals surface area contributed by atoms with Crippen LogP contribution in [0.25, 0.3) is 0 Å². The number of halogens is 2. The number of carboxylic acids is 1. The molecule has 2 aromatic rings. The molecule has 0 bridgehead atoms. The highest BCUT2D eigenvalue weighted by atomic mass is 79.9. The molecule has 0 saturated carbocycles. The first kappa shape index (κ1) is 13.8. The van der Waals surface area contributed by atoms with Gasteiger partial charge in [-0.05, 0) is 52.7 Å². The number of rotatable bonds is 3. The van der Waals surface area contributed by atoms with Crippen LogP contribution in [0.5, 0.6) is 11.6 Å². The lowest BCUT2D eigenvalue weighted by Gasteiger charge is -2.08. The topological polar surface area (TPSA) is 59.4 Å². The molecule has 0 fully saturated rings. The lowest BCUT2D eigenvalue weighted by molar-refractivity contribution is 0.0696. The predicted octanol–water partition coefficient (Wildman–Crippen LogP) is 4.30. The predicted molar refractivity (Wildman–Crippen MR) is 75.2 cm³/mol. The minimum absolute atomic E-state index is 0.0117. The Kier molecular flexibility index (Phi) is 4.07. The SMILES string of the molecule is Cc1cnc(Oc2ccc(Cl)c(C(=O)O)c2)c(Br)c1. The summed E-state index contributed by atoms with van der Waals surface area (Å²) in [5.41, 5.74) is 0.976. The third-order valence-corrected chi connectivity index (χ3v) is 3.22. The number of pyridine rings is 1. The van der Waals surface area contributed by atoms with Crippen molar-refractivity contribution < 1.29 is 14.6 Å². The fourth-order valence-electron chi connectivity index (χ4n) is 1.44. The Morgan fingerprint density at radius 3 is 2.79 bits per heavy atom. The first-order valence-corrected chi connectivity index (χ1v) is 6.47. The van der Waals surface area contributed by atoms with Gasteiger partial charge in [0.15, 0.2) is 0 Å². The van der Waals surface area contributed by atoms with Crippen LogP contribution in [-0.4, -0.2) is 16.1 Å². The normalized spacial score (nSPS) is 10.3. The maximum absolute atomic E-state index is 11.0. The fourth-order valence-corrected chi connectivity index (χ4v) is 2.18. The summed E-state index contributed by atoms with van der Waals surface area (Å²) in [7, 11) is 0. The summed E-state index contributed by atoms with van der Waals surface area (Å²) in [5, 5.41) is 9.15. The van der Waals surface area contributed by atoms with Crippen LogP contribution in [0.15, 0.2) is 34.9 Å². The van der Waals surface area contributed by atoms with Crippen molar-refractivity contribution in [3.8, 4) is 11.6 Å². The third-order valence-electron chi connectivity index (χ3n) is 2.33. The second-order valence-corrected chi connectivity index (χ2v) is 5.11. The number of hydrogen-bond acceptors (Lipinski definition) is 3. The van der Waals surface area contributed by atoms with Gasteiger partial charge in [0.2, 0.25) is 5.88 Å². The highest BCUT2D eigenvalue weighted by Gasteiger charge is 2.11. The van der Waals surface area contributed by atoms with E-state index in [9.17, 15) is 4.79 Å². The summed E-state index contributed by atoms with van der Waals surface area (Å²) >= 11 is 9.12. The molecular weight excluding hydrogens is 334 g/mol. The lowest BCUT2D eigenvalue weighted by atomic mass is 10.2. The Morgan fingerprint density at radius 1 is 1.42 bits per heavy atom. The van der Waals surface area contributed by atoms with Gasteiger partial charge < -0.3 is 9.84 Å². The highest BCUT2D eigenvalue weighted by Crippen LogP contribution is 2.30. The van der Waals surface area contributed by atoms with Gasteiger partial charge in [-0.15, -0.1) is 0 Å². The standard InChI is InChI=1S/C13H9BrClNO3/c1-7-4-10(14)12(16-6-7)19-8-2-3-11(15)9(5-8)13(17)18/h2-6H,1H3,(H,17,18). The van der Waals surface area contributed by atoms with Gasteiger partial charge in [0.25, 0.3) is 0 Å². The molecule has 6 heteroatoms. The maximum Gasteiger partial charge on any atom is 0.337 e. The van der Waals surface area contributed by atoms with Crippen molar-refractivity contribution >= 4 is 33.5 Å². The zero-order chi connectivity index (χ0) is 14.0. The number of aromatic carboxylic acids is 1. The van der Waals surface area contributed by atoms with Crippen LogP contribution >= 0.6 is 27.5 Å². The second kappa shape index (κ2) is 5.59. The number of carbonyl (C=O) groups is 1. The smallest absolute Gasteiger partial charge is 0.337 e. The molecule has 0 aliphatic carbocycles. The third kappa shape index (κ3) is 3.24. The number of carboxylic acid groups (broad SMARTS) is 1. The minimum atomic E-state index is -1.11. The minimum Gasteiger partial charge on any atom is -0.478 e. The van der Waals surface area contributed by atoms with Crippen molar-refractivity contribution in [3.05, 3.63) is 51.1 Å². The van der Waals surface area contributed by atoms with Gasteiger partial charge in [-0.2, -0.15) is 0 Å². The van der Waals surface area contributed by atoms with Gasteiger partial charge in [-0.3, -0.25) is 0 Å². The van der Waals surface area contributed by atoms with Crippen molar-refractivity contribution in [2.45, 2.75) is 6.92 Å². The number of hydrogen-bond donors (Lipinski definition) is 1. The van der Waals surface area contributed by atoms with E-state index in [-0.39, 0.29) is 10.6 Å². The van der Waals surface area contributed by atoms with E-state index in [1.807, 2.05) is 13.0 Å². The van der Waals surface area contributed by atoms with E-state index in [0.29, 0.717) is 16.1 Å². The van der Waals surface area contributed by atoms with Crippen molar-refractivity contribution in [2.24, 2.45) is 0 Å². The highest BCUT2D eigenvalue weighted by molar-refractivity contribution is 9.10. The van der Waals surface area contributed by atoms with E-state index in [1.54, 1.807) is 12.3 Å². The largest absolute Gasteiger partial charge is 0.478 e. The molecule has 98 valence electrons. The molecule has 4 nitrogen and oxygen atoms in total. The molecule has 19 heavy (non-hydrogen) atoms. The summed E-state index contributed by atoms with van der Waals surface area (Å²) in [6, 6.07) is 6.28. The van der Waals surface area contributed by atoms with Crippen LogP contribution in [0.2, 0.25) is 5.02 Å². The van der Waals surface area contributed by atoms with Gasteiger partial charge in [0.1, 0.15) is 5.75 Å². The summed E-state index contributed by atoms with van der Waals surface area (Å²) in [6.07, 6.45) is 1.66. The number of nitrogens with zero attached hydrogens (tertiary/aromatic N) is 1. The maximum atomic E-state index is 11.0. The molecule has 0 saturated heterocycles. The van der Waals surface area contributed by atoms with E-state index in [4.69, 9.17) is 21.4 Å².